The van der Waals surface area contributed by atoms with Crippen molar-refractivity contribution in [1.82, 2.24) is 9.55 Å². The molecule has 1 saturated heterocycles. The summed E-state index contributed by atoms with van der Waals surface area (Å²) < 4.78 is 7.78. The van der Waals surface area contributed by atoms with Crippen molar-refractivity contribution in [3.63, 3.8) is 0 Å². The van der Waals surface area contributed by atoms with E-state index in [0.29, 0.717) is 12.5 Å². The van der Waals surface area contributed by atoms with Crippen molar-refractivity contribution >= 4 is 11.0 Å². The molecule has 1 aromatic carbocycles. The number of aromatic nitrogens is 2. The largest absolute Gasteiger partial charge is 0.381 e. The van der Waals surface area contributed by atoms with Crippen LogP contribution in [0.1, 0.15) is 12.2 Å². The SMILES string of the molecule is NCCc1nc2ccccc2n1CC1CCOC1. The highest BCUT2D eigenvalue weighted by atomic mass is 16.5. The fourth-order valence-corrected chi connectivity index (χ4v) is 2.63. The minimum Gasteiger partial charge on any atom is -0.381 e. The second-order valence-corrected chi connectivity index (χ2v) is 4.90. The second-order valence-electron chi connectivity index (χ2n) is 4.90. The van der Waals surface area contributed by atoms with Crippen molar-refractivity contribution in [3.05, 3.63) is 30.1 Å². The average Bonchev–Trinajstić information content (AvgIpc) is 3.00. The fourth-order valence-electron chi connectivity index (χ4n) is 2.63. The Morgan fingerprint density at radius 3 is 3.06 bits per heavy atom. The molecule has 0 bridgehead atoms. The number of para-hydroxylation sites is 2. The molecule has 4 heteroatoms. The molecule has 1 atom stereocenters. The van der Waals surface area contributed by atoms with Gasteiger partial charge in [0.2, 0.25) is 0 Å². The summed E-state index contributed by atoms with van der Waals surface area (Å²) in [5, 5.41) is 0. The minimum atomic E-state index is 0.610. The zero-order valence-electron chi connectivity index (χ0n) is 10.5. The molecule has 2 aromatic rings. The Kier molecular flexibility index (Phi) is 3.30. The summed E-state index contributed by atoms with van der Waals surface area (Å²) in [6, 6.07) is 8.30. The van der Waals surface area contributed by atoms with Crippen LogP contribution in [0, 0.1) is 5.92 Å². The molecule has 1 fully saturated rings. The van der Waals surface area contributed by atoms with Gasteiger partial charge in [-0.1, -0.05) is 12.1 Å². The Morgan fingerprint density at radius 1 is 1.39 bits per heavy atom. The summed E-state index contributed by atoms with van der Waals surface area (Å²) in [5.41, 5.74) is 7.97. The Labute approximate surface area is 107 Å². The lowest BCUT2D eigenvalue weighted by Crippen LogP contribution is -2.15. The van der Waals surface area contributed by atoms with Gasteiger partial charge in [0.25, 0.3) is 0 Å². The standard InChI is InChI=1S/C14H19N3O/c15-7-5-14-16-12-3-1-2-4-13(12)17(14)9-11-6-8-18-10-11/h1-4,11H,5-10,15H2. The van der Waals surface area contributed by atoms with Crippen molar-refractivity contribution in [2.75, 3.05) is 19.8 Å². The molecule has 18 heavy (non-hydrogen) atoms. The zero-order valence-corrected chi connectivity index (χ0v) is 10.5. The third-order valence-corrected chi connectivity index (χ3v) is 3.57. The molecule has 2 N–H and O–H groups in total. The van der Waals surface area contributed by atoms with Crippen LogP contribution in [0.5, 0.6) is 0 Å². The molecule has 0 aliphatic carbocycles. The van der Waals surface area contributed by atoms with E-state index in [4.69, 9.17) is 10.5 Å². The first kappa shape index (κ1) is 11.7. The van der Waals surface area contributed by atoms with Crippen LogP contribution in [0.15, 0.2) is 24.3 Å². The fraction of sp³-hybridized carbons (Fsp3) is 0.500. The summed E-state index contributed by atoms with van der Waals surface area (Å²) in [6.07, 6.45) is 1.98. The number of imidazole rings is 1. The van der Waals surface area contributed by atoms with E-state index in [1.807, 2.05) is 6.07 Å². The zero-order chi connectivity index (χ0) is 12.4. The van der Waals surface area contributed by atoms with Crippen molar-refractivity contribution < 1.29 is 4.74 Å². The molecule has 0 spiro atoms. The van der Waals surface area contributed by atoms with Gasteiger partial charge in [0.1, 0.15) is 5.82 Å². The minimum absolute atomic E-state index is 0.610. The maximum Gasteiger partial charge on any atom is 0.111 e. The monoisotopic (exact) mass is 245 g/mol. The smallest absolute Gasteiger partial charge is 0.111 e. The van der Waals surface area contributed by atoms with E-state index in [9.17, 15) is 0 Å². The van der Waals surface area contributed by atoms with Crippen LogP contribution >= 0.6 is 0 Å². The van der Waals surface area contributed by atoms with Gasteiger partial charge in [-0.25, -0.2) is 4.98 Å². The third-order valence-electron chi connectivity index (χ3n) is 3.57. The summed E-state index contributed by atoms with van der Waals surface area (Å²) >= 11 is 0. The summed E-state index contributed by atoms with van der Waals surface area (Å²) in [6.45, 7) is 3.40. The van der Waals surface area contributed by atoms with Crippen molar-refractivity contribution in [2.45, 2.75) is 19.4 Å². The highest BCUT2D eigenvalue weighted by Gasteiger charge is 2.19. The highest BCUT2D eigenvalue weighted by Crippen LogP contribution is 2.21. The summed E-state index contributed by atoms with van der Waals surface area (Å²) in [7, 11) is 0. The van der Waals surface area contributed by atoms with E-state index in [1.54, 1.807) is 0 Å². The first-order valence-corrected chi connectivity index (χ1v) is 6.60. The number of rotatable bonds is 4. The molecule has 1 aliphatic heterocycles. The predicted molar refractivity (Wildman–Crippen MR) is 71.4 cm³/mol. The summed E-state index contributed by atoms with van der Waals surface area (Å²) in [4.78, 5) is 4.69. The molecule has 1 aliphatic rings. The molecule has 4 nitrogen and oxygen atoms in total. The van der Waals surface area contributed by atoms with E-state index in [2.05, 4.69) is 27.8 Å². The normalized spacial score (nSPS) is 19.7. The lowest BCUT2D eigenvalue weighted by atomic mass is 10.1. The van der Waals surface area contributed by atoms with E-state index < -0.39 is 0 Å². The van der Waals surface area contributed by atoms with Gasteiger partial charge in [-0.15, -0.1) is 0 Å². The van der Waals surface area contributed by atoms with Gasteiger partial charge in [-0.05, 0) is 25.1 Å². The number of nitrogens with two attached hydrogens (primary N) is 1. The van der Waals surface area contributed by atoms with Crippen molar-refractivity contribution in [2.24, 2.45) is 11.7 Å². The number of ether oxygens (including phenoxy) is 1. The molecule has 0 saturated carbocycles. The molecule has 0 radical (unpaired) electrons. The number of fused-ring (bicyclic) bond motifs is 1. The van der Waals surface area contributed by atoms with Crippen LogP contribution in [0.4, 0.5) is 0 Å². The number of hydrogen-bond donors (Lipinski definition) is 1. The number of hydrogen-bond acceptors (Lipinski definition) is 3. The van der Waals surface area contributed by atoms with E-state index >= 15 is 0 Å². The Hall–Kier alpha value is -1.39. The molecule has 2 heterocycles. The van der Waals surface area contributed by atoms with Crippen LogP contribution in [0.25, 0.3) is 11.0 Å². The van der Waals surface area contributed by atoms with Crippen LogP contribution in [-0.2, 0) is 17.7 Å². The molecular formula is C14H19N3O. The van der Waals surface area contributed by atoms with Gasteiger partial charge in [0, 0.05) is 25.5 Å². The van der Waals surface area contributed by atoms with E-state index in [1.165, 1.54) is 5.52 Å². The van der Waals surface area contributed by atoms with Crippen LogP contribution in [-0.4, -0.2) is 29.3 Å². The van der Waals surface area contributed by atoms with Gasteiger partial charge in [0.05, 0.1) is 17.6 Å². The lowest BCUT2D eigenvalue weighted by Gasteiger charge is -2.12. The van der Waals surface area contributed by atoms with Crippen LogP contribution < -0.4 is 5.73 Å². The number of benzene rings is 1. The van der Waals surface area contributed by atoms with Crippen molar-refractivity contribution in [3.8, 4) is 0 Å². The first-order valence-electron chi connectivity index (χ1n) is 6.60. The molecule has 3 rings (SSSR count). The molecule has 1 aromatic heterocycles. The molecule has 96 valence electrons. The van der Waals surface area contributed by atoms with Gasteiger partial charge in [-0.3, -0.25) is 0 Å². The maximum atomic E-state index is 5.68. The van der Waals surface area contributed by atoms with Gasteiger partial charge in [0.15, 0.2) is 0 Å². The quantitative estimate of drug-likeness (QED) is 0.889. The molecule has 1 unspecified atom stereocenters. The molecule has 0 amide bonds. The third kappa shape index (κ3) is 2.13. The van der Waals surface area contributed by atoms with Gasteiger partial charge < -0.3 is 15.0 Å². The molecular weight excluding hydrogens is 226 g/mol. The maximum absolute atomic E-state index is 5.68. The van der Waals surface area contributed by atoms with Gasteiger partial charge in [-0.2, -0.15) is 0 Å². The Bertz CT molecular complexity index is 529. The highest BCUT2D eigenvalue weighted by molar-refractivity contribution is 5.75. The van der Waals surface area contributed by atoms with Crippen LogP contribution in [0.3, 0.4) is 0 Å². The van der Waals surface area contributed by atoms with Crippen LogP contribution in [0.2, 0.25) is 0 Å². The topological polar surface area (TPSA) is 53.1 Å². The average molecular weight is 245 g/mol. The first-order chi connectivity index (χ1) is 8.88. The van der Waals surface area contributed by atoms with E-state index in [0.717, 1.165) is 43.9 Å². The second kappa shape index (κ2) is 5.08. The number of nitrogens with zero attached hydrogens (tertiary/aromatic N) is 2. The van der Waals surface area contributed by atoms with Crippen molar-refractivity contribution in [1.29, 1.82) is 0 Å². The Morgan fingerprint density at radius 2 is 2.28 bits per heavy atom. The Balaban J connectivity index is 1.97. The predicted octanol–water partition coefficient (Wildman–Crippen LogP) is 1.57. The lowest BCUT2D eigenvalue weighted by molar-refractivity contribution is 0.182. The van der Waals surface area contributed by atoms with Gasteiger partial charge >= 0.3 is 0 Å². The van der Waals surface area contributed by atoms with E-state index in [-0.39, 0.29) is 0 Å². The summed E-state index contributed by atoms with van der Waals surface area (Å²) in [5.74, 6) is 1.71.